The summed E-state index contributed by atoms with van der Waals surface area (Å²) in [5, 5.41) is 4.89. The highest BCUT2D eigenvalue weighted by atomic mass is 16.5. The SMILES string of the molecule is O=C1NCCCCC1Oc1nccc2ccccc12. The van der Waals surface area contributed by atoms with Gasteiger partial charge in [0.1, 0.15) is 0 Å². The van der Waals surface area contributed by atoms with Crippen LogP contribution in [-0.4, -0.2) is 23.5 Å². The zero-order valence-corrected chi connectivity index (χ0v) is 10.6. The van der Waals surface area contributed by atoms with Crippen LogP contribution >= 0.6 is 0 Å². The molecule has 1 N–H and O–H groups in total. The molecule has 4 nitrogen and oxygen atoms in total. The van der Waals surface area contributed by atoms with Gasteiger partial charge in [-0.15, -0.1) is 0 Å². The van der Waals surface area contributed by atoms with Crippen molar-refractivity contribution in [1.29, 1.82) is 0 Å². The van der Waals surface area contributed by atoms with Crippen LogP contribution in [0.15, 0.2) is 36.5 Å². The van der Waals surface area contributed by atoms with Crippen molar-refractivity contribution in [1.82, 2.24) is 10.3 Å². The fraction of sp³-hybridized carbons (Fsp3) is 0.333. The first-order chi connectivity index (χ1) is 9.34. The molecule has 4 heteroatoms. The molecule has 1 amide bonds. The molecular weight excluding hydrogens is 240 g/mol. The van der Waals surface area contributed by atoms with Gasteiger partial charge in [0.15, 0.2) is 6.10 Å². The van der Waals surface area contributed by atoms with Crippen LogP contribution in [0.4, 0.5) is 0 Å². The number of hydrogen-bond acceptors (Lipinski definition) is 3. The highest BCUT2D eigenvalue weighted by Crippen LogP contribution is 2.24. The van der Waals surface area contributed by atoms with Gasteiger partial charge in [0, 0.05) is 18.1 Å². The summed E-state index contributed by atoms with van der Waals surface area (Å²) >= 11 is 0. The van der Waals surface area contributed by atoms with Crippen molar-refractivity contribution < 1.29 is 9.53 Å². The molecule has 1 aliphatic heterocycles. The molecule has 1 aromatic carbocycles. The third-order valence-corrected chi connectivity index (χ3v) is 3.38. The third-order valence-electron chi connectivity index (χ3n) is 3.38. The molecule has 0 aliphatic carbocycles. The first-order valence-corrected chi connectivity index (χ1v) is 6.63. The molecule has 0 spiro atoms. The molecule has 1 aromatic heterocycles. The summed E-state index contributed by atoms with van der Waals surface area (Å²) in [7, 11) is 0. The molecule has 1 unspecified atom stereocenters. The van der Waals surface area contributed by atoms with Gasteiger partial charge in [0.05, 0.1) is 0 Å². The molecule has 3 rings (SSSR count). The topological polar surface area (TPSA) is 51.2 Å². The Morgan fingerprint density at radius 3 is 3.05 bits per heavy atom. The maximum absolute atomic E-state index is 11.9. The quantitative estimate of drug-likeness (QED) is 0.896. The Morgan fingerprint density at radius 2 is 2.11 bits per heavy atom. The van der Waals surface area contributed by atoms with Gasteiger partial charge in [-0.2, -0.15) is 0 Å². The van der Waals surface area contributed by atoms with Crippen LogP contribution in [0.3, 0.4) is 0 Å². The second kappa shape index (κ2) is 5.26. The van der Waals surface area contributed by atoms with E-state index in [1.807, 2.05) is 30.3 Å². The number of rotatable bonds is 2. The summed E-state index contributed by atoms with van der Waals surface area (Å²) in [5.74, 6) is 0.507. The number of aromatic nitrogens is 1. The molecule has 2 aromatic rings. The van der Waals surface area contributed by atoms with Crippen LogP contribution in [-0.2, 0) is 4.79 Å². The van der Waals surface area contributed by atoms with Crippen molar-refractivity contribution in [3.05, 3.63) is 36.5 Å². The lowest BCUT2D eigenvalue weighted by molar-refractivity contribution is -0.127. The van der Waals surface area contributed by atoms with Crippen molar-refractivity contribution in [3.63, 3.8) is 0 Å². The van der Waals surface area contributed by atoms with Gasteiger partial charge in [0.25, 0.3) is 5.91 Å². The second-order valence-electron chi connectivity index (χ2n) is 4.73. The summed E-state index contributed by atoms with van der Waals surface area (Å²) in [5.41, 5.74) is 0. The fourth-order valence-electron chi connectivity index (χ4n) is 2.34. The zero-order valence-electron chi connectivity index (χ0n) is 10.6. The van der Waals surface area contributed by atoms with Crippen LogP contribution in [0, 0.1) is 0 Å². The standard InChI is InChI=1S/C15H16N2O2/c18-14-13(7-3-4-9-16-14)19-15-12-6-2-1-5-11(12)8-10-17-15/h1-2,5-6,8,10,13H,3-4,7,9H2,(H,16,18). The maximum Gasteiger partial charge on any atom is 0.261 e. The second-order valence-corrected chi connectivity index (χ2v) is 4.73. The Bertz CT molecular complexity index is 592. The van der Waals surface area contributed by atoms with Crippen molar-refractivity contribution >= 4 is 16.7 Å². The van der Waals surface area contributed by atoms with Gasteiger partial charge in [-0.05, 0) is 36.8 Å². The molecule has 1 fully saturated rings. The largest absolute Gasteiger partial charge is 0.464 e. The molecule has 0 saturated carbocycles. The minimum Gasteiger partial charge on any atom is -0.464 e. The van der Waals surface area contributed by atoms with E-state index >= 15 is 0 Å². The van der Waals surface area contributed by atoms with Crippen LogP contribution in [0.5, 0.6) is 5.88 Å². The number of fused-ring (bicyclic) bond motifs is 1. The van der Waals surface area contributed by atoms with E-state index in [0.717, 1.165) is 36.6 Å². The van der Waals surface area contributed by atoms with Crippen LogP contribution < -0.4 is 10.1 Å². The van der Waals surface area contributed by atoms with Crippen molar-refractivity contribution in [2.45, 2.75) is 25.4 Å². The summed E-state index contributed by atoms with van der Waals surface area (Å²) in [6.45, 7) is 0.738. The molecule has 0 radical (unpaired) electrons. The van der Waals surface area contributed by atoms with Gasteiger partial charge < -0.3 is 10.1 Å². The van der Waals surface area contributed by atoms with E-state index in [2.05, 4.69) is 10.3 Å². The van der Waals surface area contributed by atoms with Gasteiger partial charge in [0.2, 0.25) is 5.88 Å². The molecule has 98 valence electrons. The van der Waals surface area contributed by atoms with E-state index in [0.29, 0.717) is 5.88 Å². The number of pyridine rings is 1. The Labute approximate surface area is 111 Å². The van der Waals surface area contributed by atoms with Crippen molar-refractivity contribution in [3.8, 4) is 5.88 Å². The van der Waals surface area contributed by atoms with Crippen LogP contribution in [0.2, 0.25) is 0 Å². The Hall–Kier alpha value is -2.10. The Balaban J connectivity index is 1.90. The first kappa shape index (κ1) is 12.0. The number of carbonyl (C=O) groups excluding carboxylic acids is 1. The van der Waals surface area contributed by atoms with E-state index in [-0.39, 0.29) is 5.91 Å². The lowest BCUT2D eigenvalue weighted by Crippen LogP contribution is -2.36. The lowest BCUT2D eigenvalue weighted by Gasteiger charge is -2.16. The Kier molecular flexibility index (Phi) is 3.31. The minimum absolute atomic E-state index is 0.0350. The summed E-state index contributed by atoms with van der Waals surface area (Å²) in [6.07, 6.45) is 4.03. The summed E-state index contributed by atoms with van der Waals surface area (Å²) in [6, 6.07) is 9.84. The Morgan fingerprint density at radius 1 is 1.21 bits per heavy atom. The molecule has 1 aliphatic rings. The van der Waals surface area contributed by atoms with Gasteiger partial charge >= 0.3 is 0 Å². The average Bonchev–Trinajstić information content (AvgIpc) is 2.65. The van der Waals surface area contributed by atoms with Gasteiger partial charge in [-0.3, -0.25) is 4.79 Å². The number of nitrogens with one attached hydrogen (secondary N) is 1. The van der Waals surface area contributed by atoms with E-state index in [1.165, 1.54) is 0 Å². The van der Waals surface area contributed by atoms with E-state index in [4.69, 9.17) is 4.74 Å². The van der Waals surface area contributed by atoms with Gasteiger partial charge in [-0.25, -0.2) is 4.98 Å². The summed E-state index contributed by atoms with van der Waals surface area (Å²) < 4.78 is 5.84. The molecule has 1 atom stereocenters. The van der Waals surface area contributed by atoms with Gasteiger partial charge in [-0.1, -0.05) is 18.2 Å². The predicted octanol–water partition coefficient (Wildman–Crippen LogP) is 2.28. The number of amides is 1. The number of benzene rings is 1. The summed E-state index contributed by atoms with van der Waals surface area (Å²) in [4.78, 5) is 16.2. The lowest BCUT2D eigenvalue weighted by atomic mass is 10.1. The average molecular weight is 256 g/mol. The number of ether oxygens (including phenoxy) is 1. The predicted molar refractivity (Wildman–Crippen MR) is 73.0 cm³/mol. The van der Waals surface area contributed by atoms with Crippen molar-refractivity contribution in [2.24, 2.45) is 0 Å². The van der Waals surface area contributed by atoms with E-state index in [9.17, 15) is 4.79 Å². The van der Waals surface area contributed by atoms with Crippen molar-refractivity contribution in [2.75, 3.05) is 6.54 Å². The molecule has 1 saturated heterocycles. The minimum atomic E-state index is -0.430. The van der Waals surface area contributed by atoms with Crippen LogP contribution in [0.1, 0.15) is 19.3 Å². The normalized spacial score (nSPS) is 19.8. The number of carbonyl (C=O) groups is 1. The zero-order chi connectivity index (χ0) is 13.1. The fourth-order valence-corrected chi connectivity index (χ4v) is 2.34. The monoisotopic (exact) mass is 256 g/mol. The van der Waals surface area contributed by atoms with Crippen LogP contribution in [0.25, 0.3) is 10.8 Å². The molecule has 0 bridgehead atoms. The highest BCUT2D eigenvalue weighted by Gasteiger charge is 2.23. The third kappa shape index (κ3) is 2.52. The highest BCUT2D eigenvalue weighted by molar-refractivity contribution is 5.87. The van der Waals surface area contributed by atoms with E-state index < -0.39 is 6.10 Å². The van der Waals surface area contributed by atoms with E-state index in [1.54, 1.807) is 6.20 Å². The molecular formula is C15H16N2O2. The smallest absolute Gasteiger partial charge is 0.261 e. The number of nitrogens with zero attached hydrogens (tertiary/aromatic N) is 1. The molecule has 19 heavy (non-hydrogen) atoms. The molecule has 2 heterocycles. The maximum atomic E-state index is 11.9. The first-order valence-electron chi connectivity index (χ1n) is 6.63. The number of hydrogen-bond donors (Lipinski definition) is 1.